The van der Waals surface area contributed by atoms with Gasteiger partial charge in [-0.2, -0.15) is 13.2 Å². The maximum absolute atomic E-state index is 13.1. The number of benzene rings is 1. The summed E-state index contributed by atoms with van der Waals surface area (Å²) in [6.45, 7) is 7.60. The number of nitrogens with zero attached hydrogens (tertiary/aromatic N) is 2. The second-order valence-corrected chi connectivity index (χ2v) is 6.80. The Morgan fingerprint density at radius 3 is 2.17 bits per heavy atom. The van der Waals surface area contributed by atoms with Gasteiger partial charge in [0.2, 0.25) is 5.82 Å². The lowest BCUT2D eigenvalue weighted by Crippen LogP contribution is -2.41. The second kappa shape index (κ2) is 4.74. The largest absolute Gasteiger partial charge is 0.497 e. The molecular formula is C15H18BF3N2O2. The molecule has 1 aromatic heterocycles. The van der Waals surface area contributed by atoms with Crippen molar-refractivity contribution in [3.05, 3.63) is 24.0 Å². The molecule has 23 heavy (non-hydrogen) atoms. The average molecular weight is 326 g/mol. The van der Waals surface area contributed by atoms with E-state index in [1.165, 1.54) is 7.05 Å². The van der Waals surface area contributed by atoms with Gasteiger partial charge in [-0.3, -0.25) is 0 Å². The van der Waals surface area contributed by atoms with Gasteiger partial charge in [0.25, 0.3) is 0 Å². The fourth-order valence-electron chi connectivity index (χ4n) is 2.71. The van der Waals surface area contributed by atoms with E-state index in [-0.39, 0.29) is 5.52 Å². The van der Waals surface area contributed by atoms with Gasteiger partial charge in [0, 0.05) is 12.5 Å². The number of aromatic nitrogens is 2. The van der Waals surface area contributed by atoms with Crippen molar-refractivity contribution in [3.8, 4) is 0 Å². The van der Waals surface area contributed by atoms with Gasteiger partial charge in [-0.05, 0) is 33.8 Å². The smallest absolute Gasteiger partial charge is 0.399 e. The highest BCUT2D eigenvalue weighted by Crippen LogP contribution is 2.37. The molecule has 1 aromatic carbocycles. The molecule has 2 aromatic rings. The summed E-state index contributed by atoms with van der Waals surface area (Å²) in [5, 5.41) is 0. The first-order valence-corrected chi connectivity index (χ1v) is 7.32. The number of hydrogen-bond acceptors (Lipinski definition) is 3. The number of alkyl halides is 3. The Labute approximate surface area is 132 Å². The Morgan fingerprint density at radius 2 is 1.65 bits per heavy atom. The molecule has 0 unspecified atom stereocenters. The maximum atomic E-state index is 13.1. The molecule has 4 nitrogen and oxygen atoms in total. The Morgan fingerprint density at radius 1 is 1.09 bits per heavy atom. The third-order valence-electron chi connectivity index (χ3n) is 4.69. The van der Waals surface area contributed by atoms with Crippen molar-refractivity contribution >= 4 is 23.6 Å². The van der Waals surface area contributed by atoms with Gasteiger partial charge in [0.15, 0.2) is 0 Å². The number of fused-ring (bicyclic) bond motifs is 1. The summed E-state index contributed by atoms with van der Waals surface area (Å²) in [6.07, 6.45) is -4.51. The summed E-state index contributed by atoms with van der Waals surface area (Å²) < 4.78 is 52.3. The van der Waals surface area contributed by atoms with E-state index in [9.17, 15) is 13.2 Å². The van der Waals surface area contributed by atoms with E-state index in [0.717, 1.165) is 4.57 Å². The lowest BCUT2D eigenvalue weighted by Gasteiger charge is -2.32. The van der Waals surface area contributed by atoms with Gasteiger partial charge in [0.05, 0.1) is 22.2 Å². The monoisotopic (exact) mass is 326 g/mol. The highest BCUT2D eigenvalue weighted by molar-refractivity contribution is 6.64. The summed E-state index contributed by atoms with van der Waals surface area (Å²) >= 11 is 0. The van der Waals surface area contributed by atoms with Gasteiger partial charge in [0.1, 0.15) is 0 Å². The molecule has 1 saturated heterocycles. The third-order valence-corrected chi connectivity index (χ3v) is 4.69. The quantitative estimate of drug-likeness (QED) is 0.756. The molecule has 0 spiro atoms. The molecule has 0 saturated carbocycles. The molecule has 8 heteroatoms. The summed E-state index contributed by atoms with van der Waals surface area (Å²) in [5.41, 5.74) is 0.0633. The van der Waals surface area contributed by atoms with Crippen molar-refractivity contribution in [2.24, 2.45) is 7.05 Å². The van der Waals surface area contributed by atoms with Gasteiger partial charge in [-0.15, -0.1) is 0 Å². The first kappa shape index (κ1) is 16.3. The Hall–Kier alpha value is -1.54. The van der Waals surface area contributed by atoms with Crippen LogP contribution in [0.25, 0.3) is 11.0 Å². The highest BCUT2D eigenvalue weighted by Gasteiger charge is 2.52. The number of halogens is 3. The van der Waals surface area contributed by atoms with Crippen LogP contribution in [0.15, 0.2) is 18.2 Å². The average Bonchev–Trinajstić information content (AvgIpc) is 2.84. The Bertz CT molecular complexity index is 752. The van der Waals surface area contributed by atoms with Gasteiger partial charge < -0.3 is 13.9 Å². The SMILES string of the molecule is Cn1c(C(F)(F)F)nc2cccc(B3OC(C)(C)C(C)(C)O3)c21. The van der Waals surface area contributed by atoms with Crippen LogP contribution in [0.4, 0.5) is 13.2 Å². The molecular weight excluding hydrogens is 308 g/mol. The number of hydrogen-bond donors (Lipinski definition) is 0. The van der Waals surface area contributed by atoms with Crippen LogP contribution in [0.3, 0.4) is 0 Å². The second-order valence-electron chi connectivity index (χ2n) is 6.80. The van der Waals surface area contributed by atoms with Crippen molar-refractivity contribution in [2.75, 3.05) is 0 Å². The highest BCUT2D eigenvalue weighted by atomic mass is 19.4. The van der Waals surface area contributed by atoms with Crippen LogP contribution >= 0.6 is 0 Å². The van der Waals surface area contributed by atoms with Gasteiger partial charge in [-0.25, -0.2) is 4.98 Å². The van der Waals surface area contributed by atoms with Crippen LogP contribution < -0.4 is 5.46 Å². The minimum absolute atomic E-state index is 0.270. The summed E-state index contributed by atoms with van der Waals surface area (Å²) in [5.74, 6) is -0.934. The van der Waals surface area contributed by atoms with Crippen LogP contribution in [-0.4, -0.2) is 27.9 Å². The van der Waals surface area contributed by atoms with Crippen molar-refractivity contribution in [1.29, 1.82) is 0 Å². The molecule has 0 bridgehead atoms. The third kappa shape index (κ3) is 2.44. The van der Waals surface area contributed by atoms with E-state index in [2.05, 4.69) is 4.98 Å². The normalized spacial score (nSPS) is 20.4. The Balaban J connectivity index is 2.15. The van der Waals surface area contributed by atoms with Crippen molar-refractivity contribution < 1.29 is 22.5 Å². The summed E-state index contributed by atoms with van der Waals surface area (Å²) in [4.78, 5) is 3.72. The topological polar surface area (TPSA) is 36.3 Å². The van der Waals surface area contributed by atoms with Crippen LogP contribution in [0, 0.1) is 0 Å². The zero-order chi connectivity index (χ0) is 17.2. The minimum atomic E-state index is -4.51. The van der Waals surface area contributed by atoms with E-state index in [4.69, 9.17) is 9.31 Å². The fourth-order valence-corrected chi connectivity index (χ4v) is 2.71. The zero-order valence-corrected chi connectivity index (χ0v) is 13.7. The zero-order valence-electron chi connectivity index (χ0n) is 13.7. The van der Waals surface area contributed by atoms with Crippen LogP contribution in [-0.2, 0) is 22.5 Å². The molecule has 0 N–H and O–H groups in total. The fraction of sp³-hybridized carbons (Fsp3) is 0.533. The molecule has 1 aliphatic heterocycles. The molecule has 0 radical (unpaired) electrons. The molecule has 0 amide bonds. The van der Waals surface area contributed by atoms with Crippen LogP contribution in [0.5, 0.6) is 0 Å². The molecule has 1 aliphatic rings. The summed E-state index contributed by atoms with van der Waals surface area (Å²) in [7, 11) is 0.618. The van der Waals surface area contributed by atoms with E-state index < -0.39 is 30.3 Å². The van der Waals surface area contributed by atoms with Crippen molar-refractivity contribution in [1.82, 2.24) is 9.55 Å². The van der Waals surface area contributed by atoms with E-state index in [1.54, 1.807) is 18.2 Å². The van der Waals surface area contributed by atoms with Gasteiger partial charge in [-0.1, -0.05) is 12.1 Å². The predicted octanol–water partition coefficient (Wildman–Crippen LogP) is 2.89. The predicted molar refractivity (Wildman–Crippen MR) is 81.4 cm³/mol. The number of imidazole rings is 1. The van der Waals surface area contributed by atoms with E-state index >= 15 is 0 Å². The molecule has 2 heterocycles. The maximum Gasteiger partial charge on any atom is 0.497 e. The first-order valence-electron chi connectivity index (χ1n) is 7.32. The number of aryl methyl sites for hydroxylation is 1. The van der Waals surface area contributed by atoms with Crippen LogP contribution in [0.2, 0.25) is 0 Å². The van der Waals surface area contributed by atoms with E-state index in [1.807, 2.05) is 27.7 Å². The molecule has 124 valence electrons. The minimum Gasteiger partial charge on any atom is -0.399 e. The van der Waals surface area contributed by atoms with Crippen molar-refractivity contribution in [2.45, 2.75) is 45.1 Å². The lowest BCUT2D eigenvalue weighted by atomic mass is 9.78. The molecule has 0 atom stereocenters. The standard InChI is InChI=1S/C15H18BF3N2O2/c1-13(2)14(3,4)23-16(22-13)9-7-6-8-10-11(9)21(5)12(20-10)15(17,18)19/h6-8H,1-5H3. The number of rotatable bonds is 1. The molecule has 1 fully saturated rings. The van der Waals surface area contributed by atoms with Crippen molar-refractivity contribution in [3.63, 3.8) is 0 Å². The molecule has 3 rings (SSSR count). The Kier molecular flexibility index (Phi) is 3.36. The lowest BCUT2D eigenvalue weighted by molar-refractivity contribution is -0.146. The van der Waals surface area contributed by atoms with Crippen LogP contribution in [0.1, 0.15) is 33.5 Å². The molecule has 0 aliphatic carbocycles. The summed E-state index contributed by atoms with van der Waals surface area (Å²) in [6, 6.07) is 4.93. The number of para-hydroxylation sites is 1. The first-order chi connectivity index (χ1) is 10.4. The van der Waals surface area contributed by atoms with E-state index in [0.29, 0.717) is 11.0 Å². The van der Waals surface area contributed by atoms with Gasteiger partial charge >= 0.3 is 13.3 Å².